The average Bonchev–Trinajstić information content (AvgIpc) is 2.34. The molecule has 0 aliphatic heterocycles. The van der Waals surface area contributed by atoms with Crippen molar-refractivity contribution in [3.8, 4) is 0 Å². The Hall–Kier alpha value is -0.570. The maximum atomic E-state index is 12.6. The van der Waals surface area contributed by atoms with E-state index in [0.29, 0.717) is 0 Å². The fraction of sp³-hybridized carbons (Fsp3) is 0.941. The quantitative estimate of drug-likeness (QED) is 0.681. The molecule has 0 heterocycles. The van der Waals surface area contributed by atoms with Crippen LogP contribution in [0.15, 0.2) is 0 Å². The first-order valence-electron chi connectivity index (χ1n) is 7.77. The van der Waals surface area contributed by atoms with Gasteiger partial charge in [-0.1, -0.05) is 48.0 Å². The summed E-state index contributed by atoms with van der Waals surface area (Å²) in [4.78, 5) is 12.6. The number of hydrogen-bond donors (Lipinski definition) is 1. The van der Waals surface area contributed by atoms with Gasteiger partial charge >= 0.3 is 5.97 Å². The second-order valence-electron chi connectivity index (χ2n) is 7.71. The second-order valence-corrected chi connectivity index (χ2v) is 7.71. The predicted molar refractivity (Wildman–Crippen MR) is 83.5 cm³/mol. The molecule has 0 saturated heterocycles. The van der Waals surface area contributed by atoms with Crippen molar-refractivity contribution < 1.29 is 14.6 Å². The number of esters is 1. The molecule has 1 N–H and O–H groups in total. The fourth-order valence-electron chi connectivity index (χ4n) is 2.42. The normalized spacial score (nSPS) is 17.4. The van der Waals surface area contributed by atoms with Gasteiger partial charge in [0.2, 0.25) is 0 Å². The van der Waals surface area contributed by atoms with E-state index in [4.69, 9.17) is 4.74 Å². The van der Waals surface area contributed by atoms with Crippen LogP contribution in [0.4, 0.5) is 0 Å². The Bertz CT molecular complexity index is 318. The summed E-state index contributed by atoms with van der Waals surface area (Å²) in [5.74, 6) is -0.188. The third-order valence-corrected chi connectivity index (χ3v) is 5.07. The summed E-state index contributed by atoms with van der Waals surface area (Å²) in [5, 5.41) is 9.33. The van der Waals surface area contributed by atoms with E-state index in [0.717, 1.165) is 19.3 Å². The molecule has 0 radical (unpaired) electrons. The van der Waals surface area contributed by atoms with E-state index in [9.17, 15) is 9.90 Å². The predicted octanol–water partition coefficient (Wildman–Crippen LogP) is 4.18. The zero-order valence-corrected chi connectivity index (χ0v) is 14.7. The minimum absolute atomic E-state index is 0.0702. The van der Waals surface area contributed by atoms with Crippen molar-refractivity contribution in [1.29, 1.82) is 0 Å². The first-order valence-corrected chi connectivity index (χ1v) is 7.77. The molecule has 3 nitrogen and oxygen atoms in total. The van der Waals surface area contributed by atoms with Gasteiger partial charge in [-0.05, 0) is 37.5 Å². The Kier molecular flexibility index (Phi) is 6.73. The van der Waals surface area contributed by atoms with Gasteiger partial charge in [0.15, 0.2) is 0 Å². The van der Waals surface area contributed by atoms with Crippen molar-refractivity contribution in [3.63, 3.8) is 0 Å². The van der Waals surface area contributed by atoms with Crippen LogP contribution < -0.4 is 0 Å². The maximum absolute atomic E-state index is 12.6. The highest BCUT2D eigenvalue weighted by Gasteiger charge is 2.49. The number of carbonyl (C=O) groups is 1. The zero-order valence-electron chi connectivity index (χ0n) is 14.7. The number of carbonyl (C=O) groups excluding carboxylic acids is 1. The monoisotopic (exact) mass is 286 g/mol. The van der Waals surface area contributed by atoms with Crippen LogP contribution in [0.1, 0.15) is 74.7 Å². The van der Waals surface area contributed by atoms with Gasteiger partial charge in [0.1, 0.15) is 6.61 Å². The van der Waals surface area contributed by atoms with Crippen molar-refractivity contribution in [1.82, 2.24) is 0 Å². The van der Waals surface area contributed by atoms with E-state index in [1.807, 2.05) is 6.92 Å². The molecule has 0 aromatic heterocycles. The Morgan fingerprint density at radius 2 is 1.60 bits per heavy atom. The third kappa shape index (κ3) is 4.76. The lowest BCUT2D eigenvalue weighted by atomic mass is 9.58. The number of ether oxygens (including phenoxy) is 1. The van der Waals surface area contributed by atoms with Crippen molar-refractivity contribution in [2.75, 3.05) is 6.61 Å². The first kappa shape index (κ1) is 19.4. The summed E-state index contributed by atoms with van der Waals surface area (Å²) >= 11 is 0. The second kappa shape index (κ2) is 6.93. The molecular formula is C17H34O3. The van der Waals surface area contributed by atoms with Gasteiger partial charge in [-0.3, -0.25) is 4.79 Å². The molecule has 0 aliphatic rings. The molecule has 0 aromatic carbocycles. The van der Waals surface area contributed by atoms with Crippen molar-refractivity contribution in [2.45, 2.75) is 80.8 Å². The summed E-state index contributed by atoms with van der Waals surface area (Å²) in [6.07, 6.45) is 2.10. The smallest absolute Gasteiger partial charge is 0.312 e. The number of rotatable bonds is 8. The minimum Gasteiger partial charge on any atom is -0.463 e. The van der Waals surface area contributed by atoms with Gasteiger partial charge in [-0.25, -0.2) is 0 Å². The Balaban J connectivity index is 5.32. The maximum Gasteiger partial charge on any atom is 0.312 e. The molecular weight excluding hydrogens is 252 g/mol. The molecule has 0 saturated carbocycles. The van der Waals surface area contributed by atoms with Crippen molar-refractivity contribution in [2.24, 2.45) is 16.2 Å². The molecule has 2 unspecified atom stereocenters. The summed E-state index contributed by atoms with van der Waals surface area (Å²) in [6, 6.07) is 0. The van der Waals surface area contributed by atoms with Crippen LogP contribution in [-0.4, -0.2) is 23.8 Å². The highest BCUT2D eigenvalue weighted by molar-refractivity contribution is 5.77. The average molecular weight is 286 g/mol. The molecule has 3 heteroatoms. The van der Waals surface area contributed by atoms with Crippen LogP contribution in [0.3, 0.4) is 0 Å². The van der Waals surface area contributed by atoms with E-state index in [-0.39, 0.29) is 23.4 Å². The first-order chi connectivity index (χ1) is 8.92. The third-order valence-electron chi connectivity index (χ3n) is 5.07. The van der Waals surface area contributed by atoms with E-state index in [2.05, 4.69) is 41.5 Å². The SMILES string of the molecule is CCC(C)(C)CC(C)(C(=O)OCC(C)O)C(C)(C)CC. The largest absolute Gasteiger partial charge is 0.463 e. The Labute approximate surface area is 125 Å². The van der Waals surface area contributed by atoms with E-state index >= 15 is 0 Å². The summed E-state index contributed by atoms with van der Waals surface area (Å²) < 4.78 is 5.36. The fourth-order valence-corrected chi connectivity index (χ4v) is 2.42. The molecule has 0 fully saturated rings. The van der Waals surface area contributed by atoms with Gasteiger partial charge < -0.3 is 9.84 Å². The van der Waals surface area contributed by atoms with Gasteiger partial charge in [0.05, 0.1) is 11.5 Å². The molecule has 120 valence electrons. The van der Waals surface area contributed by atoms with E-state index < -0.39 is 11.5 Å². The molecule has 0 amide bonds. The van der Waals surface area contributed by atoms with Crippen LogP contribution in [0, 0.1) is 16.2 Å². The molecule has 0 aromatic rings. The molecule has 0 aliphatic carbocycles. The zero-order chi connectivity index (χ0) is 16.2. The molecule has 0 spiro atoms. The number of hydrogen-bond acceptors (Lipinski definition) is 3. The van der Waals surface area contributed by atoms with Crippen LogP contribution in [0.25, 0.3) is 0 Å². The van der Waals surface area contributed by atoms with Crippen LogP contribution in [0.5, 0.6) is 0 Å². The lowest BCUT2D eigenvalue weighted by Gasteiger charge is -2.45. The molecule has 0 bridgehead atoms. The topological polar surface area (TPSA) is 46.5 Å². The van der Waals surface area contributed by atoms with Gasteiger partial charge in [0.25, 0.3) is 0 Å². The van der Waals surface area contributed by atoms with Gasteiger partial charge in [-0.15, -0.1) is 0 Å². The van der Waals surface area contributed by atoms with Crippen molar-refractivity contribution >= 4 is 5.97 Å². The van der Waals surface area contributed by atoms with Crippen LogP contribution in [-0.2, 0) is 9.53 Å². The van der Waals surface area contributed by atoms with Gasteiger partial charge in [-0.2, -0.15) is 0 Å². The minimum atomic E-state index is -0.618. The lowest BCUT2D eigenvalue weighted by molar-refractivity contribution is -0.168. The highest BCUT2D eigenvalue weighted by atomic mass is 16.5. The summed E-state index contributed by atoms with van der Waals surface area (Å²) in [7, 11) is 0. The standard InChI is InChI=1S/C17H34O3/c1-9-15(4,5)12-17(8,16(6,7)10-2)14(19)20-11-13(3)18/h13,18H,9-12H2,1-8H3. The Morgan fingerprint density at radius 3 is 1.95 bits per heavy atom. The molecule has 0 rings (SSSR count). The Morgan fingerprint density at radius 1 is 1.10 bits per heavy atom. The molecule has 20 heavy (non-hydrogen) atoms. The summed E-state index contributed by atoms with van der Waals surface area (Å²) in [5.41, 5.74) is -0.601. The highest BCUT2D eigenvalue weighted by Crippen LogP contribution is 2.50. The van der Waals surface area contributed by atoms with E-state index in [1.165, 1.54) is 0 Å². The number of aliphatic hydroxyl groups excluding tert-OH is 1. The lowest BCUT2D eigenvalue weighted by Crippen LogP contribution is -2.46. The van der Waals surface area contributed by atoms with Crippen LogP contribution in [0.2, 0.25) is 0 Å². The van der Waals surface area contributed by atoms with Crippen molar-refractivity contribution in [3.05, 3.63) is 0 Å². The molecule has 2 atom stereocenters. The summed E-state index contributed by atoms with van der Waals surface area (Å²) in [6.45, 7) is 16.6. The number of aliphatic hydroxyl groups is 1. The van der Waals surface area contributed by atoms with Crippen LogP contribution >= 0.6 is 0 Å². The van der Waals surface area contributed by atoms with E-state index in [1.54, 1.807) is 6.92 Å². The van der Waals surface area contributed by atoms with Gasteiger partial charge in [0, 0.05) is 0 Å².